The number of Topliss-reactive ketones (excluding diaryl/α,β-unsaturated/α-hetero) is 1. The topological polar surface area (TPSA) is 69.4 Å². The highest BCUT2D eigenvalue weighted by atomic mass is 16.6. The number of carbonyl (C=O) groups excluding carboxylic acids is 1. The van der Waals surface area contributed by atoms with Crippen LogP contribution in [-0.2, 0) is 9.53 Å². The maximum absolute atomic E-state index is 12.0. The Labute approximate surface area is 127 Å². The molecule has 1 heterocycles. The minimum atomic E-state index is -0.442. The zero-order chi connectivity index (χ0) is 15.5. The molecule has 2 aromatic carbocycles. The number of hydrogen-bond donors (Lipinski definition) is 0. The molecule has 0 unspecified atom stereocenters. The third-order valence-electron chi connectivity index (χ3n) is 3.78. The number of nitrogens with zero attached hydrogens (tertiary/aromatic N) is 1. The molecule has 1 saturated heterocycles. The third-order valence-corrected chi connectivity index (χ3v) is 3.78. The van der Waals surface area contributed by atoms with E-state index < -0.39 is 11.0 Å². The number of ether oxygens (including phenoxy) is 1. The van der Waals surface area contributed by atoms with E-state index in [0.29, 0.717) is 12.0 Å². The van der Waals surface area contributed by atoms with E-state index >= 15 is 0 Å². The van der Waals surface area contributed by atoms with Crippen LogP contribution in [0.2, 0.25) is 0 Å². The Hall–Kier alpha value is -2.53. The molecule has 1 aliphatic heterocycles. The van der Waals surface area contributed by atoms with E-state index in [1.54, 1.807) is 12.1 Å². The number of nitro benzene ring substituents is 1. The van der Waals surface area contributed by atoms with E-state index in [0.717, 1.165) is 5.56 Å². The summed E-state index contributed by atoms with van der Waals surface area (Å²) in [5.74, 6) is 0.108. The first-order chi connectivity index (χ1) is 10.6. The lowest BCUT2D eigenvalue weighted by Crippen LogP contribution is -2.23. The molecule has 1 fully saturated rings. The number of hydrogen-bond acceptors (Lipinski definition) is 4. The molecule has 1 aliphatic rings. The van der Waals surface area contributed by atoms with Gasteiger partial charge in [0.1, 0.15) is 5.78 Å². The van der Waals surface area contributed by atoms with Crippen molar-refractivity contribution >= 4 is 11.5 Å². The van der Waals surface area contributed by atoms with Crippen LogP contribution < -0.4 is 0 Å². The van der Waals surface area contributed by atoms with Crippen LogP contribution in [0.25, 0.3) is 0 Å². The zero-order valence-corrected chi connectivity index (χ0v) is 11.8. The quantitative estimate of drug-likeness (QED) is 0.639. The lowest BCUT2D eigenvalue weighted by atomic mass is 9.94. The number of carbonyl (C=O) groups is 1. The van der Waals surface area contributed by atoms with Gasteiger partial charge in [-0.1, -0.05) is 42.5 Å². The van der Waals surface area contributed by atoms with E-state index in [4.69, 9.17) is 4.74 Å². The number of nitro groups is 1. The van der Waals surface area contributed by atoms with Gasteiger partial charge < -0.3 is 4.74 Å². The molecule has 0 saturated carbocycles. The van der Waals surface area contributed by atoms with Gasteiger partial charge in [-0.25, -0.2) is 0 Å². The summed E-state index contributed by atoms with van der Waals surface area (Å²) in [4.78, 5) is 22.5. The Bertz CT molecular complexity index is 699. The molecule has 2 aromatic rings. The lowest BCUT2D eigenvalue weighted by molar-refractivity contribution is -0.385. The van der Waals surface area contributed by atoms with Crippen molar-refractivity contribution in [2.24, 2.45) is 0 Å². The minimum Gasteiger partial charge on any atom is -0.365 e. The molecule has 5 heteroatoms. The van der Waals surface area contributed by atoms with Gasteiger partial charge in [0, 0.05) is 25.0 Å². The Kier molecular flexibility index (Phi) is 3.98. The van der Waals surface area contributed by atoms with Crippen LogP contribution in [0.4, 0.5) is 5.69 Å². The van der Waals surface area contributed by atoms with Gasteiger partial charge in [-0.15, -0.1) is 0 Å². The Morgan fingerprint density at radius 2 is 1.59 bits per heavy atom. The smallest absolute Gasteiger partial charge is 0.269 e. The predicted octanol–water partition coefficient (Wildman–Crippen LogP) is 3.76. The van der Waals surface area contributed by atoms with Gasteiger partial charge >= 0.3 is 0 Å². The number of rotatable bonds is 3. The van der Waals surface area contributed by atoms with Crippen molar-refractivity contribution in [1.82, 2.24) is 0 Å². The van der Waals surface area contributed by atoms with E-state index in [-0.39, 0.29) is 24.0 Å². The fourth-order valence-corrected chi connectivity index (χ4v) is 2.69. The predicted molar refractivity (Wildman–Crippen MR) is 80.3 cm³/mol. The van der Waals surface area contributed by atoms with E-state index in [9.17, 15) is 14.9 Å². The molecule has 0 bridgehead atoms. The van der Waals surface area contributed by atoms with Crippen LogP contribution in [-0.4, -0.2) is 10.7 Å². The van der Waals surface area contributed by atoms with Crippen molar-refractivity contribution in [2.75, 3.05) is 0 Å². The summed E-state index contributed by atoms with van der Waals surface area (Å²) in [6, 6.07) is 15.9. The molecule has 2 atom stereocenters. The van der Waals surface area contributed by atoms with Gasteiger partial charge in [0.15, 0.2) is 0 Å². The second kappa shape index (κ2) is 6.07. The fraction of sp³-hybridized carbons (Fsp3) is 0.235. The van der Waals surface area contributed by atoms with Gasteiger partial charge in [0.05, 0.1) is 17.1 Å². The molecule has 0 amide bonds. The average molecular weight is 297 g/mol. The van der Waals surface area contributed by atoms with Crippen molar-refractivity contribution in [3.63, 3.8) is 0 Å². The zero-order valence-electron chi connectivity index (χ0n) is 11.8. The van der Waals surface area contributed by atoms with Crippen LogP contribution in [0, 0.1) is 10.1 Å². The monoisotopic (exact) mass is 297 g/mol. The summed E-state index contributed by atoms with van der Waals surface area (Å²) < 4.78 is 6.02. The minimum absolute atomic E-state index is 0.00961. The molecule has 22 heavy (non-hydrogen) atoms. The number of benzene rings is 2. The number of ketones is 1. The largest absolute Gasteiger partial charge is 0.365 e. The molecule has 0 aliphatic carbocycles. The van der Waals surface area contributed by atoms with Gasteiger partial charge in [0.25, 0.3) is 5.69 Å². The summed E-state index contributed by atoms with van der Waals surface area (Å²) in [5.41, 5.74) is 1.63. The Morgan fingerprint density at radius 1 is 0.955 bits per heavy atom. The van der Waals surface area contributed by atoms with E-state index in [1.807, 2.05) is 30.3 Å². The van der Waals surface area contributed by atoms with Crippen molar-refractivity contribution < 1.29 is 14.5 Å². The van der Waals surface area contributed by atoms with Crippen LogP contribution in [0.5, 0.6) is 0 Å². The third kappa shape index (κ3) is 3.04. The molecular weight excluding hydrogens is 282 g/mol. The standard InChI is InChI=1S/C17H15NO4/c19-15-10-16(12-5-2-1-3-6-12)22-17(11-15)13-7-4-8-14(9-13)18(20)21/h1-9,16-17H,10-11H2/t16-,17+/m0/s1. The van der Waals surface area contributed by atoms with Gasteiger partial charge in [-0.2, -0.15) is 0 Å². The molecule has 0 N–H and O–H groups in total. The van der Waals surface area contributed by atoms with Crippen LogP contribution >= 0.6 is 0 Å². The Balaban J connectivity index is 1.86. The molecule has 3 rings (SSSR count). The van der Waals surface area contributed by atoms with Crippen molar-refractivity contribution in [3.05, 3.63) is 75.8 Å². The first-order valence-corrected chi connectivity index (χ1v) is 7.10. The Morgan fingerprint density at radius 3 is 2.27 bits per heavy atom. The van der Waals surface area contributed by atoms with Gasteiger partial charge in [-0.05, 0) is 11.1 Å². The summed E-state index contributed by atoms with van der Waals surface area (Å²) in [6.45, 7) is 0. The number of non-ortho nitro benzene ring substituents is 1. The summed E-state index contributed by atoms with van der Waals surface area (Å²) in [7, 11) is 0. The highest BCUT2D eigenvalue weighted by Gasteiger charge is 2.30. The highest BCUT2D eigenvalue weighted by molar-refractivity contribution is 5.80. The first kappa shape index (κ1) is 14.4. The second-order valence-corrected chi connectivity index (χ2v) is 5.32. The molecular formula is C17H15NO4. The van der Waals surface area contributed by atoms with E-state index in [2.05, 4.69) is 0 Å². The molecule has 0 radical (unpaired) electrons. The average Bonchev–Trinajstić information content (AvgIpc) is 2.55. The van der Waals surface area contributed by atoms with Crippen LogP contribution in [0.1, 0.15) is 36.2 Å². The molecule has 112 valence electrons. The summed E-state index contributed by atoms with van der Waals surface area (Å²) in [5, 5.41) is 10.9. The van der Waals surface area contributed by atoms with Gasteiger partial charge in [0.2, 0.25) is 0 Å². The lowest BCUT2D eigenvalue weighted by Gasteiger charge is -2.29. The van der Waals surface area contributed by atoms with Crippen molar-refractivity contribution in [3.8, 4) is 0 Å². The van der Waals surface area contributed by atoms with Gasteiger partial charge in [-0.3, -0.25) is 14.9 Å². The summed E-state index contributed by atoms with van der Waals surface area (Å²) in [6.07, 6.45) is -0.141. The maximum atomic E-state index is 12.0. The SMILES string of the molecule is O=C1C[C@@H](c2ccccc2)O[C@@H](c2cccc([N+](=O)[O-])c2)C1. The first-order valence-electron chi connectivity index (χ1n) is 7.10. The van der Waals surface area contributed by atoms with E-state index in [1.165, 1.54) is 12.1 Å². The van der Waals surface area contributed by atoms with Crippen LogP contribution in [0.15, 0.2) is 54.6 Å². The highest BCUT2D eigenvalue weighted by Crippen LogP contribution is 2.37. The molecule has 0 aromatic heterocycles. The summed E-state index contributed by atoms with van der Waals surface area (Å²) >= 11 is 0. The van der Waals surface area contributed by atoms with Crippen molar-refractivity contribution in [1.29, 1.82) is 0 Å². The normalized spacial score (nSPS) is 21.5. The molecule has 5 nitrogen and oxygen atoms in total. The fourth-order valence-electron chi connectivity index (χ4n) is 2.69. The van der Waals surface area contributed by atoms with Crippen LogP contribution in [0.3, 0.4) is 0 Å². The maximum Gasteiger partial charge on any atom is 0.269 e. The molecule has 0 spiro atoms. The second-order valence-electron chi connectivity index (χ2n) is 5.32. The van der Waals surface area contributed by atoms with Crippen molar-refractivity contribution in [2.45, 2.75) is 25.0 Å².